The second-order valence-electron chi connectivity index (χ2n) is 6.71. The lowest BCUT2D eigenvalue weighted by molar-refractivity contribution is 0.0718. The fourth-order valence-corrected chi connectivity index (χ4v) is 3.25. The van der Waals surface area contributed by atoms with Crippen LogP contribution in [-0.4, -0.2) is 47.8 Å². The normalized spacial score (nSPS) is 14.3. The van der Waals surface area contributed by atoms with E-state index in [0.717, 1.165) is 17.5 Å². The van der Waals surface area contributed by atoms with Crippen molar-refractivity contribution in [2.24, 2.45) is 5.73 Å². The summed E-state index contributed by atoms with van der Waals surface area (Å²) < 4.78 is 0. The molecule has 27 heavy (non-hydrogen) atoms. The van der Waals surface area contributed by atoms with Gasteiger partial charge in [-0.3, -0.25) is 9.59 Å². The average molecular weight is 388 g/mol. The van der Waals surface area contributed by atoms with Gasteiger partial charge in [-0.05, 0) is 43.2 Å². The van der Waals surface area contributed by atoms with Gasteiger partial charge >= 0.3 is 0 Å². The van der Waals surface area contributed by atoms with Gasteiger partial charge in [0.25, 0.3) is 11.8 Å². The number of hydrogen-bond acceptors (Lipinski definition) is 3. The third kappa shape index (κ3) is 5.08. The van der Waals surface area contributed by atoms with Crippen LogP contribution in [0.2, 0.25) is 0 Å². The van der Waals surface area contributed by atoms with Gasteiger partial charge in [-0.1, -0.05) is 29.8 Å². The van der Waals surface area contributed by atoms with Crippen LogP contribution < -0.4 is 5.73 Å². The maximum Gasteiger partial charge on any atom is 0.253 e. The van der Waals surface area contributed by atoms with Crippen molar-refractivity contribution >= 4 is 24.2 Å². The Bertz CT molecular complexity index is 792. The Kier molecular flexibility index (Phi) is 7.39. The molecule has 1 aliphatic rings. The van der Waals surface area contributed by atoms with Gasteiger partial charge in [0.05, 0.1) is 0 Å². The quantitative estimate of drug-likeness (QED) is 0.880. The molecule has 0 aromatic heterocycles. The first-order valence-corrected chi connectivity index (χ1v) is 9.02. The van der Waals surface area contributed by atoms with Gasteiger partial charge in [0.2, 0.25) is 0 Å². The van der Waals surface area contributed by atoms with Gasteiger partial charge in [-0.15, -0.1) is 12.4 Å². The van der Waals surface area contributed by atoms with E-state index in [2.05, 4.69) is 0 Å². The number of aryl methyl sites for hydroxylation is 1. The SMILES string of the molecule is Cc1cccc(C(=O)N2CCCN(C(=O)c3ccc(CN)cc3)CC2)c1.Cl. The number of benzene rings is 2. The van der Waals surface area contributed by atoms with Crippen LogP contribution in [0.4, 0.5) is 0 Å². The Balaban J connectivity index is 0.00000261. The zero-order chi connectivity index (χ0) is 18.5. The largest absolute Gasteiger partial charge is 0.337 e. The maximum atomic E-state index is 12.7. The van der Waals surface area contributed by atoms with E-state index in [1.54, 1.807) is 0 Å². The summed E-state index contributed by atoms with van der Waals surface area (Å²) in [4.78, 5) is 29.1. The van der Waals surface area contributed by atoms with Crippen LogP contribution >= 0.6 is 12.4 Å². The summed E-state index contributed by atoms with van der Waals surface area (Å²) >= 11 is 0. The molecule has 144 valence electrons. The van der Waals surface area contributed by atoms with Crippen LogP contribution in [0.15, 0.2) is 48.5 Å². The number of nitrogens with zero attached hydrogens (tertiary/aromatic N) is 2. The van der Waals surface area contributed by atoms with Crippen molar-refractivity contribution in [2.75, 3.05) is 26.2 Å². The summed E-state index contributed by atoms with van der Waals surface area (Å²) in [6.45, 7) is 4.88. The van der Waals surface area contributed by atoms with E-state index in [9.17, 15) is 9.59 Å². The molecule has 1 saturated heterocycles. The molecule has 0 saturated carbocycles. The lowest BCUT2D eigenvalue weighted by atomic mass is 10.1. The molecule has 3 rings (SSSR count). The molecule has 0 atom stereocenters. The molecule has 0 aliphatic carbocycles. The summed E-state index contributed by atoms with van der Waals surface area (Å²) in [7, 11) is 0. The highest BCUT2D eigenvalue weighted by Crippen LogP contribution is 2.14. The van der Waals surface area contributed by atoms with E-state index in [-0.39, 0.29) is 24.2 Å². The van der Waals surface area contributed by atoms with E-state index in [1.165, 1.54) is 0 Å². The van der Waals surface area contributed by atoms with Crippen LogP contribution in [0.3, 0.4) is 0 Å². The minimum atomic E-state index is 0. The van der Waals surface area contributed by atoms with Gasteiger partial charge in [0.1, 0.15) is 0 Å². The monoisotopic (exact) mass is 387 g/mol. The van der Waals surface area contributed by atoms with E-state index in [0.29, 0.717) is 43.9 Å². The summed E-state index contributed by atoms with van der Waals surface area (Å²) in [6.07, 6.45) is 0.782. The molecule has 2 N–H and O–H groups in total. The Hall–Kier alpha value is -2.37. The minimum Gasteiger partial charge on any atom is -0.337 e. The van der Waals surface area contributed by atoms with E-state index in [1.807, 2.05) is 65.3 Å². The predicted molar refractivity (Wildman–Crippen MR) is 109 cm³/mol. The van der Waals surface area contributed by atoms with E-state index in [4.69, 9.17) is 5.73 Å². The lowest BCUT2D eigenvalue weighted by Gasteiger charge is -2.22. The van der Waals surface area contributed by atoms with Gasteiger partial charge in [0, 0.05) is 43.9 Å². The smallest absolute Gasteiger partial charge is 0.253 e. The summed E-state index contributed by atoms with van der Waals surface area (Å²) in [5.41, 5.74) is 9.06. The van der Waals surface area contributed by atoms with Crippen molar-refractivity contribution in [3.63, 3.8) is 0 Å². The molecule has 1 aliphatic heterocycles. The summed E-state index contributed by atoms with van der Waals surface area (Å²) in [5.74, 6) is 0.0497. The van der Waals surface area contributed by atoms with Gasteiger partial charge in [-0.25, -0.2) is 0 Å². The topological polar surface area (TPSA) is 66.6 Å². The van der Waals surface area contributed by atoms with Crippen molar-refractivity contribution in [1.82, 2.24) is 9.80 Å². The summed E-state index contributed by atoms with van der Waals surface area (Å²) in [5, 5.41) is 0. The molecule has 0 unspecified atom stereocenters. The van der Waals surface area contributed by atoms with E-state index >= 15 is 0 Å². The third-order valence-electron chi connectivity index (χ3n) is 4.77. The van der Waals surface area contributed by atoms with Crippen molar-refractivity contribution in [1.29, 1.82) is 0 Å². The first-order valence-electron chi connectivity index (χ1n) is 9.02. The van der Waals surface area contributed by atoms with Crippen LogP contribution in [0.5, 0.6) is 0 Å². The highest BCUT2D eigenvalue weighted by molar-refractivity contribution is 5.95. The molecule has 0 radical (unpaired) electrons. The number of carbonyl (C=O) groups excluding carboxylic acids is 2. The van der Waals surface area contributed by atoms with Gasteiger partial charge in [0.15, 0.2) is 0 Å². The first-order chi connectivity index (χ1) is 12.6. The number of amides is 2. The fraction of sp³-hybridized carbons (Fsp3) is 0.333. The standard InChI is InChI=1S/C21H25N3O2.ClH/c1-16-4-2-5-19(14-16)21(26)24-11-3-10-23(12-13-24)20(25)18-8-6-17(15-22)7-9-18;/h2,4-9,14H,3,10-13,15,22H2,1H3;1H. The van der Waals surface area contributed by atoms with Crippen molar-refractivity contribution < 1.29 is 9.59 Å². The number of halogens is 1. The van der Waals surface area contributed by atoms with E-state index < -0.39 is 0 Å². The highest BCUT2D eigenvalue weighted by atomic mass is 35.5. The molecular formula is C21H26ClN3O2. The third-order valence-corrected chi connectivity index (χ3v) is 4.77. The van der Waals surface area contributed by atoms with Gasteiger partial charge in [-0.2, -0.15) is 0 Å². The van der Waals surface area contributed by atoms with Crippen LogP contribution in [0, 0.1) is 6.92 Å². The molecule has 1 heterocycles. The van der Waals surface area contributed by atoms with Crippen LogP contribution in [-0.2, 0) is 6.54 Å². The molecule has 1 fully saturated rings. The Labute approximate surface area is 166 Å². The zero-order valence-corrected chi connectivity index (χ0v) is 16.4. The predicted octanol–water partition coefficient (Wildman–Crippen LogP) is 2.86. The van der Waals surface area contributed by atoms with Gasteiger partial charge < -0.3 is 15.5 Å². The fourth-order valence-electron chi connectivity index (χ4n) is 3.25. The number of nitrogens with two attached hydrogens (primary N) is 1. The minimum absolute atomic E-state index is 0. The molecule has 0 bridgehead atoms. The first kappa shape index (κ1) is 20.9. The molecule has 0 spiro atoms. The van der Waals surface area contributed by atoms with Crippen LogP contribution in [0.25, 0.3) is 0 Å². The number of rotatable bonds is 3. The molecule has 2 amide bonds. The number of carbonyl (C=O) groups is 2. The van der Waals surface area contributed by atoms with Crippen molar-refractivity contribution in [3.05, 3.63) is 70.8 Å². The molecule has 6 heteroatoms. The van der Waals surface area contributed by atoms with Crippen molar-refractivity contribution in [2.45, 2.75) is 19.9 Å². The van der Waals surface area contributed by atoms with Crippen molar-refractivity contribution in [3.8, 4) is 0 Å². The molecule has 2 aromatic rings. The number of hydrogen-bond donors (Lipinski definition) is 1. The Morgan fingerprint density at radius 1 is 0.889 bits per heavy atom. The highest BCUT2D eigenvalue weighted by Gasteiger charge is 2.23. The molecular weight excluding hydrogens is 362 g/mol. The lowest BCUT2D eigenvalue weighted by Crippen LogP contribution is -2.37. The molecule has 2 aromatic carbocycles. The Morgan fingerprint density at radius 2 is 1.48 bits per heavy atom. The summed E-state index contributed by atoms with van der Waals surface area (Å²) in [6, 6.07) is 15.1. The maximum absolute atomic E-state index is 12.7. The zero-order valence-electron chi connectivity index (χ0n) is 15.6. The van der Waals surface area contributed by atoms with Crippen LogP contribution in [0.1, 0.15) is 38.3 Å². The second kappa shape index (κ2) is 9.53. The second-order valence-corrected chi connectivity index (χ2v) is 6.71. The molecule has 5 nitrogen and oxygen atoms in total. The average Bonchev–Trinajstić information content (AvgIpc) is 2.93. The Morgan fingerprint density at radius 3 is 2.04 bits per heavy atom.